The molecule has 1 amide bonds. The van der Waals surface area contributed by atoms with E-state index in [-0.39, 0.29) is 11.6 Å². The zero-order valence-corrected chi connectivity index (χ0v) is 12.5. The molecular formula is C14H28N2O2. The van der Waals surface area contributed by atoms with Gasteiger partial charge in [-0.05, 0) is 59.8 Å². The van der Waals surface area contributed by atoms with Crippen molar-refractivity contribution in [3.63, 3.8) is 0 Å². The predicted octanol–water partition coefficient (Wildman–Crippen LogP) is 2.76. The first kappa shape index (κ1) is 15.3. The van der Waals surface area contributed by atoms with Crippen molar-refractivity contribution in [3.05, 3.63) is 0 Å². The molecular weight excluding hydrogens is 228 g/mol. The van der Waals surface area contributed by atoms with Crippen LogP contribution in [0.3, 0.4) is 0 Å². The van der Waals surface area contributed by atoms with E-state index in [2.05, 4.69) is 13.8 Å². The van der Waals surface area contributed by atoms with Crippen LogP contribution >= 0.6 is 0 Å². The number of hydrogen-bond acceptors (Lipinski definition) is 3. The van der Waals surface area contributed by atoms with Gasteiger partial charge in [-0.1, -0.05) is 0 Å². The summed E-state index contributed by atoms with van der Waals surface area (Å²) in [5, 5.41) is 0. The molecule has 0 bridgehead atoms. The fourth-order valence-electron chi connectivity index (χ4n) is 2.35. The number of amides is 1. The van der Waals surface area contributed by atoms with Crippen molar-refractivity contribution in [2.75, 3.05) is 13.1 Å². The number of hydrogen-bond donors (Lipinski definition) is 1. The summed E-state index contributed by atoms with van der Waals surface area (Å²) in [5.74, 6) is 0.477. The van der Waals surface area contributed by atoms with Gasteiger partial charge in [0, 0.05) is 18.6 Å². The Hall–Kier alpha value is -0.770. The maximum Gasteiger partial charge on any atom is 0.410 e. The molecule has 0 saturated carbocycles. The Bertz CT molecular complexity index is 289. The molecule has 0 aromatic rings. The standard InChI is InChI=1S/C14H28N2O2/c1-13(2,3)18-12(17)16-9-6-7-11(8-10-16)14(4,5)15/h11H,6-10,15H2,1-5H3. The lowest BCUT2D eigenvalue weighted by Crippen LogP contribution is -2.42. The van der Waals surface area contributed by atoms with Gasteiger partial charge in [0.25, 0.3) is 0 Å². The average Bonchev–Trinajstić information content (AvgIpc) is 2.38. The highest BCUT2D eigenvalue weighted by atomic mass is 16.6. The SMILES string of the molecule is CC(C)(C)OC(=O)N1CCCC(C(C)(C)N)CC1. The molecule has 1 saturated heterocycles. The Morgan fingerprint density at radius 1 is 1.17 bits per heavy atom. The number of carbonyl (C=O) groups is 1. The lowest BCUT2D eigenvalue weighted by Gasteiger charge is -2.30. The van der Waals surface area contributed by atoms with Crippen molar-refractivity contribution in [2.45, 2.75) is 65.0 Å². The van der Waals surface area contributed by atoms with Crippen LogP contribution in [-0.2, 0) is 4.74 Å². The van der Waals surface area contributed by atoms with Crippen LogP contribution in [0.4, 0.5) is 4.79 Å². The topological polar surface area (TPSA) is 55.6 Å². The minimum atomic E-state index is -0.421. The van der Waals surface area contributed by atoms with Crippen LogP contribution in [-0.4, -0.2) is 35.2 Å². The second kappa shape index (κ2) is 5.47. The first-order valence-electron chi connectivity index (χ1n) is 6.86. The average molecular weight is 256 g/mol. The van der Waals surface area contributed by atoms with Crippen LogP contribution < -0.4 is 5.73 Å². The summed E-state index contributed by atoms with van der Waals surface area (Å²) in [6.07, 6.45) is 2.86. The van der Waals surface area contributed by atoms with Crippen molar-refractivity contribution < 1.29 is 9.53 Å². The Morgan fingerprint density at radius 3 is 2.28 bits per heavy atom. The summed E-state index contributed by atoms with van der Waals surface area (Å²) in [6, 6.07) is 0. The van der Waals surface area contributed by atoms with Crippen molar-refractivity contribution in [1.82, 2.24) is 4.90 Å². The molecule has 1 atom stereocenters. The highest BCUT2D eigenvalue weighted by Gasteiger charge is 2.30. The number of likely N-dealkylation sites (tertiary alicyclic amines) is 1. The minimum Gasteiger partial charge on any atom is -0.444 e. The molecule has 1 unspecified atom stereocenters. The molecule has 0 aromatic heterocycles. The zero-order chi connectivity index (χ0) is 14.0. The van der Waals surface area contributed by atoms with E-state index in [0.717, 1.165) is 32.4 Å². The van der Waals surface area contributed by atoms with Gasteiger partial charge in [0.15, 0.2) is 0 Å². The van der Waals surface area contributed by atoms with Gasteiger partial charge in [0.1, 0.15) is 5.60 Å². The van der Waals surface area contributed by atoms with Gasteiger partial charge in [0.2, 0.25) is 0 Å². The number of nitrogens with two attached hydrogens (primary N) is 1. The summed E-state index contributed by atoms with van der Waals surface area (Å²) >= 11 is 0. The maximum absolute atomic E-state index is 12.0. The summed E-state index contributed by atoms with van der Waals surface area (Å²) in [6.45, 7) is 11.4. The van der Waals surface area contributed by atoms with Crippen LogP contribution in [0.5, 0.6) is 0 Å². The first-order valence-corrected chi connectivity index (χ1v) is 6.86. The fourth-order valence-corrected chi connectivity index (χ4v) is 2.35. The molecule has 18 heavy (non-hydrogen) atoms. The van der Waals surface area contributed by atoms with E-state index in [0.29, 0.717) is 5.92 Å². The second-order valence-corrected chi connectivity index (χ2v) is 6.92. The highest BCUT2D eigenvalue weighted by Crippen LogP contribution is 2.26. The van der Waals surface area contributed by atoms with Crippen molar-refractivity contribution in [3.8, 4) is 0 Å². The van der Waals surface area contributed by atoms with Crippen LogP contribution in [0.1, 0.15) is 53.9 Å². The number of carbonyl (C=O) groups excluding carboxylic acids is 1. The van der Waals surface area contributed by atoms with Gasteiger partial charge in [-0.2, -0.15) is 0 Å². The zero-order valence-electron chi connectivity index (χ0n) is 12.5. The molecule has 106 valence electrons. The number of rotatable bonds is 1. The third-order valence-corrected chi connectivity index (χ3v) is 3.43. The van der Waals surface area contributed by atoms with E-state index in [1.54, 1.807) is 0 Å². The van der Waals surface area contributed by atoms with Crippen LogP contribution in [0, 0.1) is 5.92 Å². The second-order valence-electron chi connectivity index (χ2n) is 6.92. The lowest BCUT2D eigenvalue weighted by molar-refractivity contribution is 0.0253. The number of ether oxygens (including phenoxy) is 1. The fraction of sp³-hybridized carbons (Fsp3) is 0.929. The molecule has 1 aliphatic heterocycles. The molecule has 0 aromatic carbocycles. The quantitative estimate of drug-likeness (QED) is 0.785. The van der Waals surface area contributed by atoms with Crippen molar-refractivity contribution in [1.29, 1.82) is 0 Å². The van der Waals surface area contributed by atoms with Crippen LogP contribution in [0.2, 0.25) is 0 Å². The minimum absolute atomic E-state index is 0.163. The third-order valence-electron chi connectivity index (χ3n) is 3.43. The summed E-state index contributed by atoms with van der Waals surface area (Å²) in [4.78, 5) is 13.8. The Balaban J connectivity index is 2.54. The molecule has 1 aliphatic rings. The van der Waals surface area contributed by atoms with E-state index >= 15 is 0 Å². The summed E-state index contributed by atoms with van der Waals surface area (Å²) in [5.41, 5.74) is 5.58. The highest BCUT2D eigenvalue weighted by molar-refractivity contribution is 5.68. The third kappa shape index (κ3) is 4.84. The van der Waals surface area contributed by atoms with Gasteiger partial charge >= 0.3 is 6.09 Å². The smallest absolute Gasteiger partial charge is 0.410 e. The maximum atomic E-state index is 12.0. The molecule has 4 nitrogen and oxygen atoms in total. The normalized spacial score (nSPS) is 22.6. The molecule has 1 rings (SSSR count). The van der Waals surface area contributed by atoms with Crippen LogP contribution in [0.25, 0.3) is 0 Å². The molecule has 1 heterocycles. The largest absolute Gasteiger partial charge is 0.444 e. The van der Waals surface area contributed by atoms with E-state index in [1.165, 1.54) is 0 Å². The van der Waals surface area contributed by atoms with E-state index < -0.39 is 5.60 Å². The van der Waals surface area contributed by atoms with E-state index in [4.69, 9.17) is 10.5 Å². The Morgan fingerprint density at radius 2 is 1.78 bits per heavy atom. The van der Waals surface area contributed by atoms with E-state index in [1.807, 2.05) is 25.7 Å². The predicted molar refractivity (Wildman–Crippen MR) is 73.4 cm³/mol. The molecule has 2 N–H and O–H groups in total. The molecule has 4 heteroatoms. The van der Waals surface area contributed by atoms with Gasteiger partial charge < -0.3 is 15.4 Å². The Labute approximate surface area is 111 Å². The van der Waals surface area contributed by atoms with Gasteiger partial charge in [-0.3, -0.25) is 0 Å². The van der Waals surface area contributed by atoms with Crippen LogP contribution in [0.15, 0.2) is 0 Å². The Kier molecular flexibility index (Phi) is 4.65. The molecule has 1 fully saturated rings. The summed E-state index contributed by atoms with van der Waals surface area (Å²) < 4.78 is 5.41. The molecule has 0 radical (unpaired) electrons. The molecule has 0 spiro atoms. The van der Waals surface area contributed by atoms with Crippen molar-refractivity contribution in [2.24, 2.45) is 11.7 Å². The van der Waals surface area contributed by atoms with Gasteiger partial charge in [0.05, 0.1) is 0 Å². The van der Waals surface area contributed by atoms with Gasteiger partial charge in [-0.25, -0.2) is 4.79 Å². The lowest BCUT2D eigenvalue weighted by atomic mass is 9.83. The molecule has 0 aliphatic carbocycles. The first-order chi connectivity index (χ1) is 8.09. The van der Waals surface area contributed by atoms with Gasteiger partial charge in [-0.15, -0.1) is 0 Å². The monoisotopic (exact) mass is 256 g/mol. The van der Waals surface area contributed by atoms with Crippen molar-refractivity contribution >= 4 is 6.09 Å². The summed E-state index contributed by atoms with van der Waals surface area (Å²) in [7, 11) is 0. The van der Waals surface area contributed by atoms with E-state index in [9.17, 15) is 4.79 Å². The number of nitrogens with zero attached hydrogens (tertiary/aromatic N) is 1.